The molecule has 24 heteroatoms. The van der Waals surface area contributed by atoms with Gasteiger partial charge in [-0.15, -0.1) is 18.3 Å². The topological polar surface area (TPSA) is 336 Å². The van der Waals surface area contributed by atoms with Crippen LogP contribution in [-0.2, 0) is 19.2 Å². The number of para-hydroxylation sites is 4. The Morgan fingerprint density at radius 2 is 0.401 bits per heavy atom. The summed E-state index contributed by atoms with van der Waals surface area (Å²) in [4.78, 5) is 84.4. The molecule has 4 amide bonds. The maximum Gasteiger partial charge on any atom is 0.239 e. The molecule has 4 aliphatic rings. The first-order valence-corrected chi connectivity index (χ1v) is 51.4. The second kappa shape index (κ2) is 41.2. The molecule has 0 aliphatic heterocycles. The third kappa shape index (κ3) is 19.7. The van der Waals surface area contributed by atoms with Crippen LogP contribution in [-0.4, -0.2) is 95.9 Å². The van der Waals surface area contributed by atoms with Crippen LogP contribution in [0, 0.1) is 77.0 Å². The van der Waals surface area contributed by atoms with Crippen LogP contribution in [0.25, 0.3) is 111 Å². The summed E-state index contributed by atoms with van der Waals surface area (Å²) in [7, 11) is 0. The van der Waals surface area contributed by atoms with Gasteiger partial charge < -0.3 is 65.5 Å². The van der Waals surface area contributed by atoms with Crippen LogP contribution in [0.1, 0.15) is 186 Å². The van der Waals surface area contributed by atoms with Crippen molar-refractivity contribution in [1.29, 1.82) is 0 Å². The van der Waals surface area contributed by atoms with Crippen molar-refractivity contribution in [1.82, 2.24) is 41.2 Å². The molecule has 24 nitrogen and oxygen atoms in total. The van der Waals surface area contributed by atoms with E-state index in [9.17, 15) is 0 Å². The summed E-state index contributed by atoms with van der Waals surface area (Å²) in [6.07, 6.45) is 15.2. The molecule has 4 bridgehead atoms. The van der Waals surface area contributed by atoms with Crippen molar-refractivity contribution in [3.05, 3.63) is 263 Å². The van der Waals surface area contributed by atoms with Crippen molar-refractivity contribution < 1.29 is 37.4 Å². The molecule has 4 aliphatic carbocycles. The van der Waals surface area contributed by atoms with Crippen molar-refractivity contribution in [3.8, 4) is 22.7 Å². The Morgan fingerprint density at radius 3 is 0.592 bits per heavy atom. The number of aromatic nitrogens is 8. The molecular formula is C118H136N20O4+4. The van der Waals surface area contributed by atoms with E-state index in [0.717, 1.165) is 307 Å². The summed E-state index contributed by atoms with van der Waals surface area (Å²) in [6, 6.07) is 75.2. The zero-order valence-electron chi connectivity index (χ0n) is 83.5. The predicted octanol–water partition coefficient (Wildman–Crippen LogP) is 20.2. The molecule has 142 heavy (non-hydrogen) atoms. The normalized spacial score (nSPS) is 17.0. The molecule has 20 rings (SSSR count). The van der Waals surface area contributed by atoms with E-state index in [-0.39, 0.29) is 62.2 Å². The van der Waals surface area contributed by atoms with Crippen LogP contribution >= 0.6 is 0 Å². The average Bonchev–Trinajstić information content (AvgIpc) is 0.667. The fourth-order valence-electron chi connectivity index (χ4n) is 23.3. The second-order valence-electron chi connectivity index (χ2n) is 41.1. The lowest BCUT2D eigenvalue weighted by Crippen LogP contribution is -2.72. The van der Waals surface area contributed by atoms with E-state index in [4.69, 9.17) is 42.9 Å². The summed E-state index contributed by atoms with van der Waals surface area (Å²) in [5.74, 6) is -0.688. The van der Waals surface area contributed by atoms with E-state index in [2.05, 4.69) is 210 Å². The molecule has 12 aromatic carbocycles. The number of carbonyl (C=O) groups excluding carboxylic acids is 4. The number of nitrogens with two attached hydrogens (primary N) is 4. The number of rotatable bonds is 40. The number of benzene rings is 12. The lowest BCUT2D eigenvalue weighted by atomic mass is 9.34. The first-order chi connectivity index (χ1) is 68.8. The smallest absolute Gasteiger partial charge is 0.239 e. The van der Waals surface area contributed by atoms with Crippen molar-refractivity contribution in [2.75, 3.05) is 96.6 Å². The van der Waals surface area contributed by atoms with Crippen LogP contribution in [0.15, 0.2) is 218 Å². The second-order valence-corrected chi connectivity index (χ2v) is 41.1. The first kappa shape index (κ1) is 96.2. The van der Waals surface area contributed by atoms with Crippen molar-refractivity contribution in [2.24, 2.45) is 21.7 Å². The molecule has 16 N–H and O–H groups in total. The minimum absolute atomic E-state index is 0.172. The van der Waals surface area contributed by atoms with Crippen LogP contribution in [0.3, 0.4) is 0 Å². The fraction of sp³-hybridized carbons (Fsp3) is 0.356. The maximum absolute atomic E-state index is 15.9. The number of anilines is 8. The highest BCUT2D eigenvalue weighted by Gasteiger charge is 2.75. The number of nitrogen functional groups attached to an aromatic ring is 4. The molecular weight excluding hydrogens is 1760 g/mol. The number of nitrogens with one attached hydrogen (secondary N) is 8. The maximum atomic E-state index is 15.9. The quantitative estimate of drug-likeness (QED) is 0.00735. The largest absolute Gasteiger partial charge is 0.398 e. The third-order valence-electron chi connectivity index (χ3n) is 30.5. The number of fused-ring (bicyclic) bond motifs is 8. The van der Waals surface area contributed by atoms with Crippen LogP contribution in [0.4, 0.5) is 45.5 Å². The Bertz CT molecular complexity index is 6610. The standard InChI is InChI=1S/C118H132N20O4/c1-75-53-95-103(61-87(75)119)135(83-37-21-17-22-38-83)107-65-91(79(5)57-99(107)131-95)123-45-29-9-13-33-49-127-111(139)115-69-116(112(140)128-50-34-14-10-30-46-124-92-66-108-100(58-80(92)6)132-96-54-76(2)88(120)62-104(96)136(108)84-39-23-18-24-40-84)72-117(70-115,113(141)129-51-35-15-11-31-47-125-93-67-109-101(59-81(93)7)133-97-55-77(3)89(121)63-105(97)137(109)85-41-25-19-26-42-85)74-118(71-115,73-116)114(142)130-52-36-16-12-32-48-126-94-68-110-102(60-82(94)8)134-98-56-78(4)90(122)64-106(98)138(110)86-43-27-20-28-44-86/h17-28,37-44,53-68H,9-16,29-36,45-52,69-74H2,1-8H3,(H12,119,120,121,122,123,124,125,126,127,128,129,130,139,140,141,142)/p+4. The lowest BCUT2D eigenvalue weighted by molar-refractivity contribution is -0.538. The number of amides is 4. The summed E-state index contributed by atoms with van der Waals surface area (Å²) >= 11 is 0. The van der Waals surface area contributed by atoms with Gasteiger partial charge in [-0.1, -0.05) is 124 Å². The van der Waals surface area contributed by atoms with Gasteiger partial charge in [-0.25, -0.2) is 19.9 Å². The predicted molar refractivity (Wildman–Crippen MR) is 576 cm³/mol. The van der Waals surface area contributed by atoms with Gasteiger partial charge in [0.1, 0.15) is 44.1 Å². The molecule has 728 valence electrons. The highest BCUT2D eigenvalue weighted by molar-refractivity contribution is 5.98. The van der Waals surface area contributed by atoms with Crippen LogP contribution in [0.5, 0.6) is 0 Å². The number of nitrogens with zero attached hydrogens (tertiary/aromatic N) is 8. The highest BCUT2D eigenvalue weighted by atomic mass is 16.2. The molecule has 4 saturated carbocycles. The van der Waals surface area contributed by atoms with Crippen LogP contribution < -0.4 is 83.7 Å². The average molecular weight is 1900 g/mol. The molecule has 4 aromatic heterocycles. The Morgan fingerprint density at radius 1 is 0.232 bits per heavy atom. The fourth-order valence-corrected chi connectivity index (χ4v) is 23.3. The van der Waals surface area contributed by atoms with E-state index in [1.165, 1.54) is 0 Å². The van der Waals surface area contributed by atoms with Gasteiger partial charge in [0, 0.05) is 195 Å². The molecule has 0 spiro atoms. The molecule has 0 unspecified atom stereocenters. The molecule has 16 aromatic rings. The Kier molecular flexibility index (Phi) is 27.9. The van der Waals surface area contributed by atoms with E-state index in [0.29, 0.717) is 48.9 Å². The first-order valence-electron chi connectivity index (χ1n) is 51.4. The van der Waals surface area contributed by atoms with E-state index < -0.39 is 21.7 Å². The molecule has 0 atom stereocenters. The van der Waals surface area contributed by atoms with Crippen molar-refractivity contribution >= 4 is 157 Å². The SMILES string of the molecule is Cc1cc2nc3cc(C)c(NCCCCCCNC(=O)C45CC6(C(=O)NCCCCCCNc7cc8c(cc7C)nc7cc(C)c(N)cc7[n+]8-c7ccccc7)CC(C(=O)NCCCCCCNc7cc8c(cc7C)nc7cc(C)c(N)cc7[n+]8-c7ccccc7)(C4)CC(C(=O)NCCCCCCNc4cc7c(cc4C)nc4cc(C)c(N)cc4[n+]7-c4ccccc4)(C5)C6)cc3[n+](-c3ccccc3)c2cc1N. The van der Waals surface area contributed by atoms with Crippen molar-refractivity contribution in [3.63, 3.8) is 0 Å². The van der Waals surface area contributed by atoms with Crippen molar-refractivity contribution in [2.45, 2.75) is 197 Å². The van der Waals surface area contributed by atoms with E-state index in [1.807, 2.05) is 125 Å². The van der Waals surface area contributed by atoms with Crippen LogP contribution in [0.2, 0.25) is 0 Å². The third-order valence-corrected chi connectivity index (χ3v) is 30.5. The summed E-state index contributed by atoms with van der Waals surface area (Å²) < 4.78 is 8.98. The zero-order valence-corrected chi connectivity index (χ0v) is 83.5. The molecule has 4 heterocycles. The highest BCUT2D eigenvalue weighted by Crippen LogP contribution is 2.74. The number of aryl methyl sites for hydroxylation is 8. The van der Waals surface area contributed by atoms with Gasteiger partial charge in [-0.2, -0.15) is 0 Å². The Labute approximate surface area is 831 Å². The van der Waals surface area contributed by atoms with Gasteiger partial charge in [0.25, 0.3) is 0 Å². The minimum atomic E-state index is -1.19. The molecule has 0 saturated heterocycles. The summed E-state index contributed by atoms with van der Waals surface area (Å²) in [5.41, 5.74) is 55.6. The Balaban J connectivity index is 0.537. The monoisotopic (exact) mass is 1900 g/mol. The van der Waals surface area contributed by atoms with Gasteiger partial charge in [0.2, 0.25) is 90.5 Å². The number of unbranched alkanes of at least 4 members (excludes halogenated alkanes) is 12. The van der Waals surface area contributed by atoms with Gasteiger partial charge in [-0.3, -0.25) is 19.2 Å². The zero-order chi connectivity index (χ0) is 98.6. The number of hydrogen-bond acceptors (Lipinski definition) is 16. The Hall–Kier alpha value is -14.7. The lowest BCUT2D eigenvalue weighted by Gasteiger charge is -2.67. The minimum Gasteiger partial charge on any atom is -0.398 e. The summed E-state index contributed by atoms with van der Waals surface area (Å²) in [5, 5.41) is 28.8. The summed E-state index contributed by atoms with van der Waals surface area (Å²) in [6.45, 7) is 21.2. The number of carbonyl (C=O) groups is 4. The van der Waals surface area contributed by atoms with E-state index in [1.54, 1.807) is 0 Å². The molecule has 4 fully saturated rings. The number of hydrogen-bond donors (Lipinski definition) is 12. The van der Waals surface area contributed by atoms with Gasteiger partial charge in [0.05, 0.1) is 21.7 Å². The van der Waals surface area contributed by atoms with Gasteiger partial charge in [0.15, 0.2) is 0 Å². The van der Waals surface area contributed by atoms with Gasteiger partial charge >= 0.3 is 0 Å². The molecule has 0 radical (unpaired) electrons. The van der Waals surface area contributed by atoms with Gasteiger partial charge in [-0.05, 0) is 238 Å². The van der Waals surface area contributed by atoms with E-state index >= 15 is 19.2 Å².